The summed E-state index contributed by atoms with van der Waals surface area (Å²) in [5.74, 6) is 1.85. The van der Waals surface area contributed by atoms with E-state index in [1.807, 2.05) is 12.1 Å². The van der Waals surface area contributed by atoms with Gasteiger partial charge in [-0.25, -0.2) is 4.98 Å². The second-order valence-corrected chi connectivity index (χ2v) is 9.59. The predicted octanol–water partition coefficient (Wildman–Crippen LogP) is 8.14. The van der Waals surface area contributed by atoms with Gasteiger partial charge in [0.25, 0.3) is 0 Å². The molecule has 3 nitrogen and oxygen atoms in total. The Morgan fingerprint density at radius 2 is 1.35 bits per heavy atom. The van der Waals surface area contributed by atoms with Crippen molar-refractivity contribution >= 4 is 32.6 Å². The third kappa shape index (κ3) is 3.24. The lowest BCUT2D eigenvalue weighted by Gasteiger charge is -2.32. The topological polar surface area (TPSA) is 27.1 Å². The minimum atomic E-state index is -0.406. The lowest BCUT2D eigenvalue weighted by atomic mass is 9.74. The van der Waals surface area contributed by atoms with Crippen LogP contribution < -0.4 is 4.74 Å². The van der Waals surface area contributed by atoms with Crippen LogP contribution >= 0.6 is 0 Å². The maximum absolute atomic E-state index is 5.53. The fourth-order valence-corrected chi connectivity index (χ4v) is 5.85. The van der Waals surface area contributed by atoms with E-state index in [-0.39, 0.29) is 0 Å². The van der Waals surface area contributed by atoms with Crippen LogP contribution in [0.25, 0.3) is 38.3 Å². The Morgan fingerprint density at radius 3 is 2.03 bits per heavy atom. The van der Waals surface area contributed by atoms with Crippen LogP contribution in [0.15, 0.2) is 127 Å². The van der Waals surface area contributed by atoms with E-state index in [4.69, 9.17) is 9.72 Å². The number of hydrogen-bond donors (Lipinski definition) is 0. The number of allylic oxidation sites excluding steroid dienone is 4. The van der Waals surface area contributed by atoms with Crippen molar-refractivity contribution in [2.45, 2.75) is 11.8 Å². The number of fused-ring (bicyclic) bond motifs is 6. The molecule has 0 aliphatic heterocycles. The minimum Gasteiger partial charge on any atom is -0.497 e. The molecule has 7 rings (SSSR count). The second-order valence-electron chi connectivity index (χ2n) is 9.59. The van der Waals surface area contributed by atoms with Crippen LogP contribution in [0.5, 0.6) is 5.75 Å². The molecule has 1 heterocycles. The summed E-state index contributed by atoms with van der Waals surface area (Å²) in [5, 5.41) is 4.83. The first-order valence-corrected chi connectivity index (χ1v) is 12.7. The van der Waals surface area contributed by atoms with E-state index in [0.29, 0.717) is 0 Å². The fourth-order valence-electron chi connectivity index (χ4n) is 5.85. The van der Waals surface area contributed by atoms with Crippen LogP contribution in [-0.4, -0.2) is 16.7 Å². The average Bonchev–Trinajstić information content (AvgIpc) is 3.40. The molecule has 1 atom stereocenters. The summed E-state index contributed by atoms with van der Waals surface area (Å²) in [6.07, 6.45) is 9.69. The molecular weight excluding hydrogens is 452 g/mol. The lowest BCUT2D eigenvalue weighted by molar-refractivity contribution is 0.414. The van der Waals surface area contributed by atoms with Crippen LogP contribution in [0, 0.1) is 0 Å². The summed E-state index contributed by atoms with van der Waals surface area (Å²) in [6, 6.07) is 36.4. The highest BCUT2D eigenvalue weighted by Gasteiger charge is 2.38. The molecule has 1 aliphatic carbocycles. The standard InChI is InChI=1S/C34H26N2O/c1-37-26-20-18-25(19-21-26)36-32-30-17-9-7-15-28(30)27-14-6-8-16-29(27)31(32)35-33(36)34(22-10-3-11-23-34)24-12-4-2-5-13-24/h2-22H,23H2,1H3. The Labute approximate surface area is 216 Å². The number of aromatic nitrogens is 2. The van der Waals surface area contributed by atoms with E-state index < -0.39 is 5.41 Å². The molecule has 5 aromatic carbocycles. The number of rotatable bonds is 4. The van der Waals surface area contributed by atoms with Gasteiger partial charge in [0.05, 0.1) is 23.6 Å². The number of methoxy groups -OCH3 is 1. The van der Waals surface area contributed by atoms with Crippen molar-refractivity contribution in [1.29, 1.82) is 0 Å². The molecule has 0 saturated carbocycles. The number of imidazole rings is 1. The fraction of sp³-hybridized carbons (Fsp3) is 0.0882. The molecule has 0 radical (unpaired) electrons. The van der Waals surface area contributed by atoms with Gasteiger partial charge in [-0.15, -0.1) is 0 Å². The van der Waals surface area contributed by atoms with Crippen molar-refractivity contribution in [3.05, 3.63) is 139 Å². The van der Waals surface area contributed by atoms with Gasteiger partial charge < -0.3 is 4.74 Å². The maximum atomic E-state index is 5.53. The number of ether oxygens (including phenoxy) is 1. The molecule has 1 aliphatic rings. The molecule has 3 heteroatoms. The van der Waals surface area contributed by atoms with Gasteiger partial charge in [-0.2, -0.15) is 0 Å². The summed E-state index contributed by atoms with van der Waals surface area (Å²) in [6.45, 7) is 0. The van der Waals surface area contributed by atoms with Crippen molar-refractivity contribution in [3.8, 4) is 11.4 Å². The summed E-state index contributed by atoms with van der Waals surface area (Å²) >= 11 is 0. The van der Waals surface area contributed by atoms with E-state index in [2.05, 4.69) is 120 Å². The summed E-state index contributed by atoms with van der Waals surface area (Å²) in [4.78, 5) is 5.53. The van der Waals surface area contributed by atoms with E-state index in [1.165, 1.54) is 27.1 Å². The Kier molecular flexibility index (Phi) is 4.97. The van der Waals surface area contributed by atoms with Gasteiger partial charge in [-0.05, 0) is 47.0 Å². The largest absolute Gasteiger partial charge is 0.497 e. The van der Waals surface area contributed by atoms with Gasteiger partial charge >= 0.3 is 0 Å². The van der Waals surface area contributed by atoms with Gasteiger partial charge in [-0.3, -0.25) is 4.57 Å². The van der Waals surface area contributed by atoms with E-state index >= 15 is 0 Å². The highest BCUT2D eigenvalue weighted by Crippen LogP contribution is 2.44. The van der Waals surface area contributed by atoms with Crippen molar-refractivity contribution < 1.29 is 4.74 Å². The molecule has 37 heavy (non-hydrogen) atoms. The number of benzene rings is 5. The molecule has 0 fully saturated rings. The third-order valence-corrected chi connectivity index (χ3v) is 7.62. The first-order chi connectivity index (χ1) is 18.3. The van der Waals surface area contributed by atoms with Crippen molar-refractivity contribution in [3.63, 3.8) is 0 Å². The normalized spacial score (nSPS) is 17.1. The van der Waals surface area contributed by atoms with E-state index in [9.17, 15) is 0 Å². The van der Waals surface area contributed by atoms with Crippen LogP contribution in [-0.2, 0) is 5.41 Å². The number of hydrogen-bond acceptors (Lipinski definition) is 2. The molecule has 1 aromatic heterocycles. The highest BCUT2D eigenvalue weighted by molar-refractivity contribution is 6.23. The predicted molar refractivity (Wildman–Crippen MR) is 153 cm³/mol. The van der Waals surface area contributed by atoms with Crippen molar-refractivity contribution in [2.75, 3.05) is 7.11 Å². The minimum absolute atomic E-state index is 0.406. The summed E-state index contributed by atoms with van der Waals surface area (Å²) in [7, 11) is 1.70. The lowest BCUT2D eigenvalue weighted by Crippen LogP contribution is -2.29. The molecular formula is C34H26N2O. The highest BCUT2D eigenvalue weighted by atomic mass is 16.5. The number of nitrogens with zero attached hydrogens (tertiary/aromatic N) is 2. The second kappa shape index (κ2) is 8.49. The third-order valence-electron chi connectivity index (χ3n) is 7.62. The van der Waals surface area contributed by atoms with Gasteiger partial charge in [0.2, 0.25) is 0 Å². The van der Waals surface area contributed by atoms with Crippen LogP contribution in [0.1, 0.15) is 17.8 Å². The van der Waals surface area contributed by atoms with Gasteiger partial charge in [0.1, 0.15) is 11.6 Å². The first kappa shape index (κ1) is 21.6. The van der Waals surface area contributed by atoms with E-state index in [1.54, 1.807) is 7.11 Å². The van der Waals surface area contributed by atoms with Gasteiger partial charge in [0, 0.05) is 16.5 Å². The summed E-state index contributed by atoms with van der Waals surface area (Å²) in [5.41, 5.74) is 4.05. The molecule has 0 amide bonds. The van der Waals surface area contributed by atoms with Crippen LogP contribution in [0.4, 0.5) is 0 Å². The quantitative estimate of drug-likeness (QED) is 0.239. The van der Waals surface area contributed by atoms with Crippen LogP contribution in [0.3, 0.4) is 0 Å². The SMILES string of the molecule is COc1ccc(-n2c(C3(c4ccccc4)C=CC=CC3)nc3c4ccccc4c4ccccc4c32)cc1. The molecule has 0 bridgehead atoms. The molecule has 0 N–H and O–H groups in total. The van der Waals surface area contributed by atoms with Crippen molar-refractivity contribution in [1.82, 2.24) is 9.55 Å². The molecule has 1 unspecified atom stereocenters. The molecule has 0 spiro atoms. The zero-order chi connectivity index (χ0) is 24.8. The first-order valence-electron chi connectivity index (χ1n) is 12.7. The molecule has 6 aromatic rings. The van der Waals surface area contributed by atoms with Gasteiger partial charge in [0.15, 0.2) is 0 Å². The maximum Gasteiger partial charge on any atom is 0.129 e. The Morgan fingerprint density at radius 1 is 0.703 bits per heavy atom. The van der Waals surface area contributed by atoms with Gasteiger partial charge in [-0.1, -0.05) is 103 Å². The Bertz CT molecular complexity index is 1830. The van der Waals surface area contributed by atoms with Crippen LogP contribution in [0.2, 0.25) is 0 Å². The molecule has 178 valence electrons. The van der Waals surface area contributed by atoms with E-state index in [0.717, 1.165) is 34.7 Å². The summed E-state index contributed by atoms with van der Waals surface area (Å²) < 4.78 is 7.87. The zero-order valence-corrected chi connectivity index (χ0v) is 20.6. The monoisotopic (exact) mass is 478 g/mol. The zero-order valence-electron chi connectivity index (χ0n) is 20.6. The average molecular weight is 479 g/mol. The van der Waals surface area contributed by atoms with Crippen molar-refractivity contribution in [2.24, 2.45) is 0 Å². The molecule has 0 saturated heterocycles. The smallest absolute Gasteiger partial charge is 0.129 e. The Balaban J connectivity index is 1.69. The Hall–Kier alpha value is -4.63.